The summed E-state index contributed by atoms with van der Waals surface area (Å²) in [4.78, 5) is 10.8. The highest BCUT2D eigenvalue weighted by molar-refractivity contribution is 5.74. The van der Waals surface area contributed by atoms with Crippen molar-refractivity contribution >= 4 is 5.91 Å². The fourth-order valence-electron chi connectivity index (χ4n) is 2.37. The number of hydrogen-bond acceptors (Lipinski definition) is 2. The Hall–Kier alpha value is -0.570. The summed E-state index contributed by atoms with van der Waals surface area (Å²) in [6, 6.07) is 0. The van der Waals surface area contributed by atoms with Crippen molar-refractivity contribution < 1.29 is 4.79 Å². The summed E-state index contributed by atoms with van der Waals surface area (Å²) >= 11 is 0. The van der Waals surface area contributed by atoms with Gasteiger partial charge in [0.2, 0.25) is 5.91 Å². The summed E-state index contributed by atoms with van der Waals surface area (Å²) in [6.07, 6.45) is 2.36. The summed E-state index contributed by atoms with van der Waals surface area (Å²) in [5, 5.41) is 6.34. The summed E-state index contributed by atoms with van der Waals surface area (Å²) < 4.78 is 0. The summed E-state index contributed by atoms with van der Waals surface area (Å²) in [5.41, 5.74) is 0.134. The van der Waals surface area contributed by atoms with E-state index >= 15 is 0 Å². The lowest BCUT2D eigenvalue weighted by Crippen LogP contribution is -2.67. The van der Waals surface area contributed by atoms with Crippen molar-refractivity contribution in [3.05, 3.63) is 0 Å². The Balaban J connectivity index is 1.96. The molecule has 0 radical (unpaired) electrons. The van der Waals surface area contributed by atoms with Crippen molar-refractivity contribution in [2.75, 3.05) is 13.1 Å². The van der Waals surface area contributed by atoms with Crippen LogP contribution in [-0.4, -0.2) is 24.5 Å². The van der Waals surface area contributed by atoms with Gasteiger partial charge in [0.15, 0.2) is 0 Å². The Morgan fingerprint density at radius 1 is 1.64 bits per heavy atom. The minimum absolute atomic E-state index is 0.104. The highest BCUT2D eigenvalue weighted by Gasteiger charge is 2.47. The first-order valence-corrected chi connectivity index (χ1v) is 4.20. The van der Waals surface area contributed by atoms with Crippen molar-refractivity contribution in [1.82, 2.24) is 10.6 Å². The van der Waals surface area contributed by atoms with Gasteiger partial charge in [-0.1, -0.05) is 0 Å². The molecule has 3 fully saturated rings. The molecule has 0 aromatic carbocycles. The van der Waals surface area contributed by atoms with Crippen molar-refractivity contribution in [2.45, 2.75) is 25.3 Å². The van der Waals surface area contributed by atoms with Crippen LogP contribution in [0.3, 0.4) is 0 Å². The van der Waals surface area contributed by atoms with Crippen LogP contribution >= 0.6 is 0 Å². The number of carbonyl (C=O) groups excluding carboxylic acids is 1. The van der Waals surface area contributed by atoms with Crippen LogP contribution in [-0.2, 0) is 4.79 Å². The Labute approximate surface area is 66.5 Å². The zero-order chi connectivity index (χ0) is 7.90. The summed E-state index contributed by atoms with van der Waals surface area (Å²) in [5.74, 6) is 0.919. The minimum Gasteiger partial charge on any atom is -0.350 e. The van der Waals surface area contributed by atoms with E-state index in [9.17, 15) is 4.79 Å². The molecule has 2 saturated heterocycles. The van der Waals surface area contributed by atoms with Gasteiger partial charge in [-0.15, -0.1) is 0 Å². The van der Waals surface area contributed by atoms with Gasteiger partial charge < -0.3 is 10.6 Å². The fraction of sp³-hybridized carbons (Fsp3) is 0.875. The first-order chi connectivity index (χ1) is 5.20. The SMILES string of the molecule is CC(=O)NC12CNCC(C1)C2. The summed E-state index contributed by atoms with van der Waals surface area (Å²) in [7, 11) is 0. The Morgan fingerprint density at radius 3 is 2.82 bits per heavy atom. The van der Waals surface area contributed by atoms with E-state index in [1.807, 2.05) is 0 Å². The monoisotopic (exact) mass is 154 g/mol. The van der Waals surface area contributed by atoms with Crippen LogP contribution in [0.15, 0.2) is 0 Å². The lowest BCUT2D eigenvalue weighted by atomic mass is 9.65. The number of piperidine rings is 2. The fourth-order valence-corrected chi connectivity index (χ4v) is 2.37. The predicted octanol–water partition coefficient (Wildman–Crippen LogP) is -0.126. The average Bonchev–Trinajstić information content (AvgIpc) is 1.84. The van der Waals surface area contributed by atoms with Gasteiger partial charge in [0, 0.05) is 13.5 Å². The molecule has 1 aliphatic carbocycles. The van der Waals surface area contributed by atoms with E-state index in [1.165, 1.54) is 12.8 Å². The smallest absolute Gasteiger partial charge is 0.217 e. The number of fused-ring (bicyclic) bond motifs is 2. The van der Waals surface area contributed by atoms with E-state index in [2.05, 4.69) is 10.6 Å². The molecule has 2 bridgehead atoms. The van der Waals surface area contributed by atoms with E-state index < -0.39 is 0 Å². The molecule has 11 heavy (non-hydrogen) atoms. The molecule has 0 unspecified atom stereocenters. The van der Waals surface area contributed by atoms with Gasteiger partial charge in [0.25, 0.3) is 0 Å². The van der Waals surface area contributed by atoms with Gasteiger partial charge in [0.05, 0.1) is 5.54 Å². The van der Waals surface area contributed by atoms with Gasteiger partial charge in [-0.3, -0.25) is 4.79 Å². The number of rotatable bonds is 1. The van der Waals surface area contributed by atoms with E-state index in [1.54, 1.807) is 6.92 Å². The zero-order valence-corrected chi connectivity index (χ0v) is 6.81. The molecule has 2 heterocycles. The van der Waals surface area contributed by atoms with Crippen LogP contribution in [0.4, 0.5) is 0 Å². The molecule has 62 valence electrons. The van der Waals surface area contributed by atoms with Crippen LogP contribution in [0, 0.1) is 5.92 Å². The first kappa shape index (κ1) is 7.10. The van der Waals surface area contributed by atoms with Crippen LogP contribution < -0.4 is 10.6 Å². The quantitative estimate of drug-likeness (QED) is 0.552. The molecular formula is C8H14N2O. The second-order valence-electron chi connectivity index (χ2n) is 3.87. The van der Waals surface area contributed by atoms with Gasteiger partial charge in [-0.25, -0.2) is 0 Å². The van der Waals surface area contributed by atoms with Crippen LogP contribution in [0.2, 0.25) is 0 Å². The molecule has 3 rings (SSSR count). The zero-order valence-electron chi connectivity index (χ0n) is 6.81. The predicted molar refractivity (Wildman–Crippen MR) is 42.1 cm³/mol. The number of amides is 1. The standard InChI is InChI=1S/C8H14N2O/c1-6(11)10-8-2-7(3-8)4-9-5-8/h7,9H,2-5H2,1H3,(H,10,11). The van der Waals surface area contributed by atoms with E-state index in [0.29, 0.717) is 0 Å². The van der Waals surface area contributed by atoms with Gasteiger partial charge in [-0.2, -0.15) is 0 Å². The molecule has 2 aliphatic heterocycles. The van der Waals surface area contributed by atoms with Crippen LogP contribution in [0.1, 0.15) is 19.8 Å². The van der Waals surface area contributed by atoms with Gasteiger partial charge in [0.1, 0.15) is 0 Å². The van der Waals surface area contributed by atoms with E-state index in [0.717, 1.165) is 19.0 Å². The van der Waals surface area contributed by atoms with Gasteiger partial charge >= 0.3 is 0 Å². The van der Waals surface area contributed by atoms with Crippen molar-refractivity contribution in [3.8, 4) is 0 Å². The van der Waals surface area contributed by atoms with Gasteiger partial charge in [-0.05, 0) is 25.3 Å². The molecule has 0 spiro atoms. The number of hydrogen-bond donors (Lipinski definition) is 2. The normalized spacial score (nSPS) is 41.0. The minimum atomic E-state index is 0.104. The molecule has 0 aromatic heterocycles. The third-order valence-corrected chi connectivity index (χ3v) is 2.70. The Kier molecular flexibility index (Phi) is 1.42. The van der Waals surface area contributed by atoms with Crippen LogP contribution in [0.5, 0.6) is 0 Å². The highest BCUT2D eigenvalue weighted by atomic mass is 16.1. The first-order valence-electron chi connectivity index (χ1n) is 4.20. The molecule has 3 aliphatic rings. The molecule has 1 amide bonds. The Bertz CT molecular complexity index is 179. The second-order valence-corrected chi connectivity index (χ2v) is 3.87. The molecule has 1 saturated carbocycles. The molecule has 3 heteroatoms. The Morgan fingerprint density at radius 2 is 2.36 bits per heavy atom. The molecule has 0 atom stereocenters. The van der Waals surface area contributed by atoms with Crippen molar-refractivity contribution in [2.24, 2.45) is 5.92 Å². The second kappa shape index (κ2) is 2.21. The van der Waals surface area contributed by atoms with Crippen LogP contribution in [0.25, 0.3) is 0 Å². The highest BCUT2D eigenvalue weighted by Crippen LogP contribution is 2.39. The molecule has 2 N–H and O–H groups in total. The number of nitrogens with one attached hydrogen (secondary N) is 2. The average molecular weight is 154 g/mol. The molecular weight excluding hydrogens is 140 g/mol. The molecule has 0 aromatic rings. The third kappa shape index (κ3) is 1.13. The number of carbonyl (C=O) groups is 1. The maximum atomic E-state index is 10.8. The lowest BCUT2D eigenvalue weighted by molar-refractivity contribution is -0.123. The third-order valence-electron chi connectivity index (χ3n) is 2.70. The maximum absolute atomic E-state index is 10.8. The molecule has 3 nitrogen and oxygen atoms in total. The van der Waals surface area contributed by atoms with E-state index in [4.69, 9.17) is 0 Å². The van der Waals surface area contributed by atoms with Crippen molar-refractivity contribution in [3.63, 3.8) is 0 Å². The van der Waals surface area contributed by atoms with Crippen molar-refractivity contribution in [1.29, 1.82) is 0 Å². The topological polar surface area (TPSA) is 41.1 Å². The summed E-state index contributed by atoms with van der Waals surface area (Å²) in [6.45, 7) is 3.70. The maximum Gasteiger partial charge on any atom is 0.217 e. The van der Waals surface area contributed by atoms with E-state index in [-0.39, 0.29) is 11.4 Å². The lowest BCUT2D eigenvalue weighted by Gasteiger charge is -2.52. The largest absolute Gasteiger partial charge is 0.350 e.